The number of fused-ring (bicyclic) bond motifs is 1. The number of esters is 1. The van der Waals surface area contributed by atoms with E-state index < -0.39 is 30.6 Å². The van der Waals surface area contributed by atoms with Gasteiger partial charge in [0.25, 0.3) is 0 Å². The fourth-order valence-corrected chi connectivity index (χ4v) is 2.42. The Morgan fingerprint density at radius 2 is 2.03 bits per heavy atom. The third-order valence-corrected chi connectivity index (χ3v) is 3.47. The number of halogens is 4. The average Bonchev–Trinajstić information content (AvgIpc) is 2.67. The third kappa shape index (κ3) is 8.53. The largest absolute Gasteiger partial charge is 0.475 e. The van der Waals surface area contributed by atoms with Gasteiger partial charge >= 0.3 is 12.1 Å². The van der Waals surface area contributed by atoms with Gasteiger partial charge in [-0.2, -0.15) is 13.2 Å². The maximum absolute atomic E-state index is 13.1. The van der Waals surface area contributed by atoms with Crippen molar-refractivity contribution in [3.63, 3.8) is 0 Å². The van der Waals surface area contributed by atoms with E-state index in [1.807, 2.05) is 0 Å². The first kappa shape index (κ1) is 27.1. The molecule has 8 N–H and O–H groups in total. The highest BCUT2D eigenvalue weighted by molar-refractivity contribution is 6.30. The standard InChI is InChI=1S/C13H11ClF3NO4.C3H9NO.H4NO/c1-6-2-8(14)3-7-4-9(12(19)20-5-21-18)11(13(15,16)17)22-10(6)7;1-4-2-3-5;1-2/h2-4,11H,5,18H2,1H3;4-5H,2-3H2,1H3;2H,1H3/q;;+1. The molecule has 13 heteroatoms. The molecule has 2 rings (SSSR count). The van der Waals surface area contributed by atoms with Crippen LogP contribution in [-0.2, 0) is 14.4 Å². The van der Waals surface area contributed by atoms with E-state index >= 15 is 0 Å². The molecule has 0 aliphatic carbocycles. The number of rotatable bonds is 5. The van der Waals surface area contributed by atoms with Crippen molar-refractivity contribution in [2.45, 2.75) is 19.2 Å². The quantitative estimate of drug-likeness (QED) is 0.250. The lowest BCUT2D eigenvalue weighted by Gasteiger charge is -2.28. The molecule has 0 amide bonds. The van der Waals surface area contributed by atoms with E-state index in [1.54, 1.807) is 14.0 Å². The highest BCUT2D eigenvalue weighted by atomic mass is 35.5. The number of alkyl halides is 3. The van der Waals surface area contributed by atoms with E-state index in [1.165, 1.54) is 12.1 Å². The number of aliphatic hydroxyl groups excluding tert-OH is 1. The maximum Gasteiger partial charge on any atom is 0.430 e. The second-order valence-corrected chi connectivity index (χ2v) is 5.76. The Morgan fingerprint density at radius 1 is 1.41 bits per heavy atom. The minimum atomic E-state index is -4.79. The molecular formula is C16H24ClF3N3O6+. The van der Waals surface area contributed by atoms with Gasteiger partial charge in [0.15, 0.2) is 0 Å². The molecule has 9 nitrogen and oxygen atoms in total. The number of nitrogens with two attached hydrogens (primary N) is 1. The van der Waals surface area contributed by atoms with Crippen molar-refractivity contribution in [1.29, 1.82) is 0 Å². The predicted molar refractivity (Wildman–Crippen MR) is 96.6 cm³/mol. The van der Waals surface area contributed by atoms with Crippen molar-refractivity contribution in [3.05, 3.63) is 33.9 Å². The molecule has 1 unspecified atom stereocenters. The number of ether oxygens (including phenoxy) is 2. The van der Waals surface area contributed by atoms with E-state index in [9.17, 15) is 18.0 Å². The van der Waals surface area contributed by atoms with Gasteiger partial charge in [-0.3, -0.25) is 4.84 Å². The maximum atomic E-state index is 13.1. The summed E-state index contributed by atoms with van der Waals surface area (Å²) in [5, 5.41) is 17.8. The second kappa shape index (κ2) is 13.3. The Morgan fingerprint density at radius 3 is 2.48 bits per heavy atom. The van der Waals surface area contributed by atoms with Crippen LogP contribution in [0.25, 0.3) is 6.08 Å². The smallest absolute Gasteiger partial charge is 0.430 e. The highest BCUT2D eigenvalue weighted by Gasteiger charge is 2.49. The number of quaternary nitrogens is 1. The molecule has 0 aromatic heterocycles. The zero-order chi connectivity index (χ0) is 22.6. The van der Waals surface area contributed by atoms with Crippen LogP contribution in [0.1, 0.15) is 11.1 Å². The van der Waals surface area contributed by atoms with Gasteiger partial charge < -0.3 is 19.9 Å². The fraction of sp³-hybridized carbons (Fsp3) is 0.438. The highest BCUT2D eigenvalue weighted by Crippen LogP contribution is 2.40. The molecule has 0 spiro atoms. The van der Waals surface area contributed by atoms with Crippen LogP contribution in [-0.4, -0.2) is 55.6 Å². The van der Waals surface area contributed by atoms with Crippen molar-refractivity contribution in [2.24, 2.45) is 5.90 Å². The Bertz CT molecular complexity index is 687. The molecule has 1 atom stereocenters. The van der Waals surface area contributed by atoms with Crippen molar-refractivity contribution < 1.29 is 48.5 Å². The normalized spacial score (nSPS) is 14.8. The van der Waals surface area contributed by atoms with Crippen LogP contribution >= 0.6 is 11.6 Å². The van der Waals surface area contributed by atoms with Gasteiger partial charge in [-0.1, -0.05) is 11.6 Å². The Hall–Kier alpha value is -1.93. The van der Waals surface area contributed by atoms with Crippen molar-refractivity contribution >= 4 is 23.6 Å². The topological polar surface area (TPSA) is 151 Å². The molecule has 0 bridgehead atoms. The number of hydrogen-bond donors (Lipinski definition) is 5. The van der Waals surface area contributed by atoms with Gasteiger partial charge in [0.05, 0.1) is 12.2 Å². The lowest BCUT2D eigenvalue weighted by molar-refractivity contribution is -0.670. The minimum Gasteiger partial charge on any atom is -0.475 e. The lowest BCUT2D eigenvalue weighted by Crippen LogP contribution is -2.42. The summed E-state index contributed by atoms with van der Waals surface area (Å²) >= 11 is 5.86. The molecule has 1 aromatic carbocycles. The summed E-state index contributed by atoms with van der Waals surface area (Å²) in [5.41, 5.74) is -0.0319. The monoisotopic (exact) mass is 446 g/mol. The van der Waals surface area contributed by atoms with E-state index in [4.69, 9.17) is 26.7 Å². The van der Waals surface area contributed by atoms with Gasteiger partial charge in [-0.15, -0.1) is 0 Å². The van der Waals surface area contributed by atoms with Crippen molar-refractivity contribution in [2.75, 3.05) is 27.0 Å². The van der Waals surface area contributed by atoms with E-state index in [0.29, 0.717) is 17.1 Å². The summed E-state index contributed by atoms with van der Waals surface area (Å²) in [6, 6.07) is 2.86. The molecule has 1 aromatic rings. The van der Waals surface area contributed by atoms with Crippen LogP contribution < -0.4 is 21.8 Å². The van der Waals surface area contributed by atoms with Crippen molar-refractivity contribution in [3.8, 4) is 5.75 Å². The third-order valence-electron chi connectivity index (χ3n) is 3.25. The van der Waals surface area contributed by atoms with Crippen LogP contribution in [0, 0.1) is 6.92 Å². The van der Waals surface area contributed by atoms with Gasteiger partial charge in [-0.05, 0) is 37.7 Å². The Kier molecular flexibility index (Phi) is 12.4. The molecule has 29 heavy (non-hydrogen) atoms. The minimum absolute atomic E-state index is 0.0124. The number of aliphatic hydroxyl groups is 1. The van der Waals surface area contributed by atoms with Crippen LogP contribution in [0.3, 0.4) is 0 Å². The summed E-state index contributed by atoms with van der Waals surface area (Å²) in [6.45, 7) is 1.80. The number of nitrogens with one attached hydrogen (secondary N) is 1. The van der Waals surface area contributed by atoms with Crippen LogP contribution in [0.2, 0.25) is 5.02 Å². The molecule has 0 saturated heterocycles. The zero-order valence-electron chi connectivity index (χ0n) is 15.8. The molecule has 1 heterocycles. The fourth-order valence-electron chi connectivity index (χ4n) is 2.14. The average molecular weight is 447 g/mol. The summed E-state index contributed by atoms with van der Waals surface area (Å²) < 4.78 is 48.8. The SMILES string of the molecule is CNCCO.Cc1cc(Cl)cc2c1OC(C(F)(F)F)C(C(=O)OCON)=C2.[NH3+]O. The van der Waals surface area contributed by atoms with Gasteiger partial charge in [0.1, 0.15) is 5.75 Å². The molecular weight excluding hydrogens is 423 g/mol. The molecule has 166 valence electrons. The summed E-state index contributed by atoms with van der Waals surface area (Å²) in [5.74, 6) is 5.70. The van der Waals surface area contributed by atoms with E-state index in [-0.39, 0.29) is 17.9 Å². The van der Waals surface area contributed by atoms with Crippen LogP contribution in [0.5, 0.6) is 5.75 Å². The van der Waals surface area contributed by atoms with Gasteiger partial charge in [0.2, 0.25) is 12.9 Å². The second-order valence-electron chi connectivity index (χ2n) is 5.32. The van der Waals surface area contributed by atoms with Crippen LogP contribution in [0.15, 0.2) is 17.7 Å². The zero-order valence-corrected chi connectivity index (χ0v) is 16.5. The first-order chi connectivity index (χ1) is 13.6. The van der Waals surface area contributed by atoms with Crippen LogP contribution in [0.4, 0.5) is 13.2 Å². The lowest BCUT2D eigenvalue weighted by atomic mass is 9.99. The van der Waals surface area contributed by atoms with Crippen molar-refractivity contribution in [1.82, 2.24) is 5.32 Å². The first-order valence-electron chi connectivity index (χ1n) is 7.96. The molecule has 0 saturated carbocycles. The summed E-state index contributed by atoms with van der Waals surface area (Å²) in [4.78, 5) is 15.8. The summed E-state index contributed by atoms with van der Waals surface area (Å²) in [6.07, 6.45) is -6.20. The number of benzene rings is 1. The Labute approximate surface area is 169 Å². The summed E-state index contributed by atoms with van der Waals surface area (Å²) in [7, 11) is 1.80. The Balaban J connectivity index is 0.000000977. The van der Waals surface area contributed by atoms with E-state index in [0.717, 1.165) is 6.08 Å². The van der Waals surface area contributed by atoms with E-state index in [2.05, 4.69) is 26.7 Å². The number of carbonyl (C=O) groups excluding carboxylic acids is 1. The number of hydrogen-bond acceptors (Lipinski definition) is 8. The molecule has 1 aliphatic rings. The molecule has 0 radical (unpaired) electrons. The van der Waals surface area contributed by atoms with Gasteiger partial charge in [-0.25, -0.2) is 21.8 Å². The number of aryl methyl sites for hydroxylation is 1. The molecule has 1 aliphatic heterocycles. The number of likely N-dealkylation sites (N-methyl/N-ethyl adjacent to an activating group) is 1. The number of carbonyl (C=O) groups is 1. The predicted octanol–water partition coefficient (Wildman–Crippen LogP) is 0.562. The first-order valence-corrected chi connectivity index (χ1v) is 8.34. The molecule has 0 fully saturated rings. The van der Waals surface area contributed by atoms with Gasteiger partial charge in [0, 0.05) is 17.1 Å².